The number of methoxy groups -OCH3 is 2. The van der Waals surface area contributed by atoms with Crippen molar-refractivity contribution in [2.24, 2.45) is 0 Å². The Morgan fingerprint density at radius 1 is 1.16 bits per heavy atom. The van der Waals surface area contributed by atoms with Crippen LogP contribution in [0.2, 0.25) is 0 Å². The van der Waals surface area contributed by atoms with Gasteiger partial charge in [0, 0.05) is 24.3 Å². The van der Waals surface area contributed by atoms with Crippen LogP contribution in [-0.4, -0.2) is 43.0 Å². The van der Waals surface area contributed by atoms with Gasteiger partial charge in [0.1, 0.15) is 0 Å². The van der Waals surface area contributed by atoms with Crippen LogP contribution in [0.5, 0.6) is 11.5 Å². The lowest BCUT2D eigenvalue weighted by atomic mass is 10.2. The summed E-state index contributed by atoms with van der Waals surface area (Å²) in [6.45, 7) is 1.75. The van der Waals surface area contributed by atoms with Crippen LogP contribution < -0.4 is 19.7 Å². The summed E-state index contributed by atoms with van der Waals surface area (Å²) in [4.78, 5) is 39.5. The van der Waals surface area contributed by atoms with Crippen LogP contribution in [0.15, 0.2) is 47.4 Å². The van der Waals surface area contributed by atoms with Crippen molar-refractivity contribution in [3.05, 3.63) is 48.0 Å². The molecule has 2 unspecified atom stereocenters. The summed E-state index contributed by atoms with van der Waals surface area (Å²) >= 11 is 1.31. The number of amides is 2. The second kappa shape index (κ2) is 8.74. The molecular formula is C23H24N2O6S. The second-order valence-corrected chi connectivity index (χ2v) is 8.86. The number of esters is 1. The van der Waals surface area contributed by atoms with Gasteiger partial charge in [-0.3, -0.25) is 14.5 Å². The quantitative estimate of drug-likeness (QED) is 0.640. The summed E-state index contributed by atoms with van der Waals surface area (Å²) in [5.41, 5.74) is 1.52. The molecule has 0 saturated carbocycles. The first-order valence-electron chi connectivity index (χ1n) is 10.2. The van der Waals surface area contributed by atoms with Crippen molar-refractivity contribution in [3.63, 3.8) is 0 Å². The number of thioether (sulfide) groups is 1. The topological polar surface area (TPSA) is 94.2 Å². The third kappa shape index (κ3) is 3.77. The summed E-state index contributed by atoms with van der Waals surface area (Å²) < 4.78 is 16.0. The molecule has 1 N–H and O–H groups in total. The van der Waals surface area contributed by atoms with E-state index in [0.29, 0.717) is 23.6 Å². The molecule has 2 aromatic rings. The highest BCUT2D eigenvalue weighted by Gasteiger charge is 2.58. The van der Waals surface area contributed by atoms with Crippen molar-refractivity contribution in [1.82, 2.24) is 5.32 Å². The van der Waals surface area contributed by atoms with E-state index in [1.54, 1.807) is 19.2 Å². The number of carbonyl (C=O) groups excluding carboxylic acids is 3. The van der Waals surface area contributed by atoms with Crippen molar-refractivity contribution in [1.29, 1.82) is 0 Å². The molecule has 0 radical (unpaired) electrons. The van der Waals surface area contributed by atoms with Gasteiger partial charge in [-0.25, -0.2) is 4.79 Å². The van der Waals surface area contributed by atoms with E-state index in [0.717, 1.165) is 10.5 Å². The summed E-state index contributed by atoms with van der Waals surface area (Å²) in [6, 6.07) is 12.7. The van der Waals surface area contributed by atoms with E-state index in [2.05, 4.69) is 5.32 Å². The molecule has 2 aliphatic rings. The maximum atomic E-state index is 13.2. The van der Waals surface area contributed by atoms with Crippen molar-refractivity contribution in [2.45, 2.75) is 42.2 Å². The molecule has 4 rings (SSSR count). The van der Waals surface area contributed by atoms with Gasteiger partial charge in [0.05, 0.1) is 19.9 Å². The van der Waals surface area contributed by atoms with Crippen LogP contribution in [0, 0.1) is 0 Å². The molecule has 9 heteroatoms. The predicted octanol–water partition coefficient (Wildman–Crippen LogP) is 2.88. The molecule has 0 aromatic heterocycles. The zero-order valence-corrected chi connectivity index (χ0v) is 18.9. The Morgan fingerprint density at radius 2 is 1.91 bits per heavy atom. The van der Waals surface area contributed by atoms with E-state index in [1.807, 2.05) is 30.3 Å². The molecule has 168 valence electrons. The highest BCUT2D eigenvalue weighted by molar-refractivity contribution is 8.02. The van der Waals surface area contributed by atoms with Gasteiger partial charge < -0.3 is 19.5 Å². The highest BCUT2D eigenvalue weighted by atomic mass is 32.2. The fourth-order valence-electron chi connectivity index (χ4n) is 3.90. The Labute approximate surface area is 190 Å². The molecule has 32 heavy (non-hydrogen) atoms. The average Bonchev–Trinajstić information content (AvgIpc) is 3.32. The molecule has 1 fully saturated rings. The second-order valence-electron chi connectivity index (χ2n) is 7.54. The Kier molecular flexibility index (Phi) is 6.01. The molecule has 0 bridgehead atoms. The van der Waals surface area contributed by atoms with Crippen LogP contribution in [0.3, 0.4) is 0 Å². The first-order chi connectivity index (χ1) is 15.4. The Morgan fingerprint density at radius 3 is 2.66 bits per heavy atom. The SMILES string of the molecule is COc1ccc(CNC(=O)C(C)OC(=O)C23CCC(=O)N2c2ccccc2S3)cc1OC. The van der Waals surface area contributed by atoms with E-state index in [9.17, 15) is 14.4 Å². The van der Waals surface area contributed by atoms with E-state index in [-0.39, 0.29) is 18.9 Å². The fourth-order valence-corrected chi connectivity index (χ4v) is 5.30. The number of nitrogens with zero attached hydrogens (tertiary/aromatic N) is 1. The van der Waals surface area contributed by atoms with Gasteiger partial charge in [0.15, 0.2) is 22.5 Å². The third-order valence-corrected chi connectivity index (χ3v) is 7.02. The van der Waals surface area contributed by atoms with Crippen molar-refractivity contribution >= 4 is 35.2 Å². The fraction of sp³-hybridized carbons (Fsp3) is 0.348. The van der Waals surface area contributed by atoms with Crippen LogP contribution in [0.1, 0.15) is 25.3 Å². The van der Waals surface area contributed by atoms with Crippen LogP contribution in [0.4, 0.5) is 5.69 Å². The Hall–Kier alpha value is -3.20. The smallest absolute Gasteiger partial charge is 0.344 e. The summed E-state index contributed by atoms with van der Waals surface area (Å²) in [7, 11) is 3.09. The number of fused-ring (bicyclic) bond motifs is 3. The predicted molar refractivity (Wildman–Crippen MR) is 119 cm³/mol. The number of carbonyl (C=O) groups is 3. The minimum absolute atomic E-state index is 0.120. The zero-order valence-electron chi connectivity index (χ0n) is 18.0. The molecule has 0 spiro atoms. The number of rotatable bonds is 7. The van der Waals surface area contributed by atoms with Gasteiger partial charge in [-0.15, -0.1) is 0 Å². The number of para-hydroxylation sites is 1. The summed E-state index contributed by atoms with van der Waals surface area (Å²) in [6.07, 6.45) is -0.417. The molecular weight excluding hydrogens is 432 g/mol. The average molecular weight is 457 g/mol. The molecule has 2 aromatic carbocycles. The number of anilines is 1. The first kappa shape index (κ1) is 22.0. The van der Waals surface area contributed by atoms with Crippen LogP contribution in [0.25, 0.3) is 0 Å². The van der Waals surface area contributed by atoms with E-state index < -0.39 is 22.9 Å². The van der Waals surface area contributed by atoms with Crippen molar-refractivity contribution in [2.75, 3.05) is 19.1 Å². The number of hydrogen-bond donors (Lipinski definition) is 1. The third-order valence-electron chi connectivity index (χ3n) is 5.56. The lowest BCUT2D eigenvalue weighted by molar-refractivity contribution is -0.157. The molecule has 2 aliphatic heterocycles. The molecule has 2 amide bonds. The standard InChI is InChI=1S/C23H24N2O6S/c1-14(21(27)24-13-15-8-9-17(29-2)18(12-15)30-3)31-22(28)23-11-10-20(26)25(23)16-6-4-5-7-19(16)32-23/h4-9,12,14H,10-11,13H2,1-3H3,(H,24,27). The summed E-state index contributed by atoms with van der Waals surface area (Å²) in [5, 5.41) is 2.77. The Bertz CT molecular complexity index is 1070. The van der Waals surface area contributed by atoms with Gasteiger partial charge in [-0.2, -0.15) is 0 Å². The lowest BCUT2D eigenvalue weighted by Crippen LogP contribution is -2.50. The van der Waals surface area contributed by atoms with Crippen molar-refractivity contribution in [3.8, 4) is 11.5 Å². The largest absolute Gasteiger partial charge is 0.493 e. The van der Waals surface area contributed by atoms with E-state index in [1.165, 1.54) is 30.7 Å². The van der Waals surface area contributed by atoms with Gasteiger partial charge in [-0.1, -0.05) is 30.0 Å². The number of hydrogen-bond acceptors (Lipinski definition) is 7. The first-order valence-corrected chi connectivity index (χ1v) is 11.0. The maximum absolute atomic E-state index is 13.2. The van der Waals surface area contributed by atoms with Gasteiger partial charge >= 0.3 is 5.97 Å². The molecule has 0 aliphatic carbocycles. The molecule has 2 heterocycles. The van der Waals surface area contributed by atoms with E-state index in [4.69, 9.17) is 14.2 Å². The maximum Gasteiger partial charge on any atom is 0.344 e. The molecule has 8 nitrogen and oxygen atoms in total. The van der Waals surface area contributed by atoms with Crippen molar-refractivity contribution < 1.29 is 28.6 Å². The van der Waals surface area contributed by atoms with Crippen LogP contribution >= 0.6 is 11.8 Å². The molecule has 2 atom stereocenters. The minimum Gasteiger partial charge on any atom is -0.493 e. The number of benzene rings is 2. The normalized spacial score (nSPS) is 19.7. The van der Waals surface area contributed by atoms with Gasteiger partial charge in [0.2, 0.25) is 5.91 Å². The molecule has 1 saturated heterocycles. The Balaban J connectivity index is 1.41. The zero-order chi connectivity index (χ0) is 22.9. The number of ether oxygens (including phenoxy) is 3. The lowest BCUT2D eigenvalue weighted by Gasteiger charge is -2.29. The monoisotopic (exact) mass is 456 g/mol. The van der Waals surface area contributed by atoms with Gasteiger partial charge in [-0.05, 0) is 36.8 Å². The summed E-state index contributed by atoms with van der Waals surface area (Å²) in [5.74, 6) is 0.0145. The highest BCUT2D eigenvalue weighted by Crippen LogP contribution is 2.56. The van der Waals surface area contributed by atoms with E-state index >= 15 is 0 Å². The number of nitrogens with one attached hydrogen (secondary N) is 1. The van der Waals surface area contributed by atoms with Gasteiger partial charge in [0.25, 0.3) is 5.91 Å². The minimum atomic E-state index is -1.15. The van der Waals surface area contributed by atoms with Crippen LogP contribution in [-0.2, 0) is 25.7 Å².